The Bertz CT molecular complexity index is 638. The van der Waals surface area contributed by atoms with Crippen LogP contribution in [0.4, 0.5) is 10.1 Å². The van der Waals surface area contributed by atoms with Gasteiger partial charge in [0.25, 0.3) is 0 Å². The zero-order valence-electron chi connectivity index (χ0n) is 12.1. The number of carbonyl (C=O) groups excluding carboxylic acids is 1. The van der Waals surface area contributed by atoms with Crippen molar-refractivity contribution in [3.05, 3.63) is 59.4 Å². The first-order valence-corrected chi connectivity index (χ1v) is 6.73. The van der Waals surface area contributed by atoms with E-state index in [1.165, 1.54) is 19.2 Å². The first-order valence-electron chi connectivity index (χ1n) is 6.73. The highest BCUT2D eigenvalue weighted by molar-refractivity contribution is 5.96. The summed E-state index contributed by atoms with van der Waals surface area (Å²) < 4.78 is 18.5. The number of hydrogen-bond donors (Lipinski definition) is 1. The summed E-state index contributed by atoms with van der Waals surface area (Å²) >= 11 is 0. The lowest BCUT2D eigenvalue weighted by molar-refractivity contribution is 0.0975. The minimum Gasteiger partial charge on any atom is -0.494 e. The van der Waals surface area contributed by atoms with Crippen molar-refractivity contribution in [2.24, 2.45) is 0 Å². The molecule has 0 radical (unpaired) electrons. The molecular formula is C17H18FNO2. The molecule has 3 nitrogen and oxygen atoms in total. The SMILES string of the molecule is COc1ccc(C(=O)CC(C)c2ccc(N)cc2)cc1F. The van der Waals surface area contributed by atoms with Gasteiger partial charge in [0.1, 0.15) is 0 Å². The molecule has 0 amide bonds. The number of hydrogen-bond acceptors (Lipinski definition) is 3. The minimum absolute atomic E-state index is 0.0447. The second-order valence-corrected chi connectivity index (χ2v) is 5.04. The second-order valence-electron chi connectivity index (χ2n) is 5.04. The lowest BCUT2D eigenvalue weighted by Crippen LogP contribution is -2.06. The van der Waals surface area contributed by atoms with Gasteiger partial charge in [-0.05, 0) is 41.8 Å². The molecule has 110 valence electrons. The molecule has 1 atom stereocenters. The van der Waals surface area contributed by atoms with Crippen LogP contribution in [0.1, 0.15) is 35.2 Å². The molecule has 0 aliphatic rings. The van der Waals surface area contributed by atoms with Gasteiger partial charge in [-0.25, -0.2) is 4.39 Å². The van der Waals surface area contributed by atoms with Gasteiger partial charge in [-0.15, -0.1) is 0 Å². The summed E-state index contributed by atoms with van der Waals surface area (Å²) in [6.45, 7) is 1.96. The molecule has 2 N–H and O–H groups in total. The highest BCUT2D eigenvalue weighted by atomic mass is 19.1. The molecule has 2 aromatic carbocycles. The van der Waals surface area contributed by atoms with Crippen LogP contribution < -0.4 is 10.5 Å². The van der Waals surface area contributed by atoms with E-state index in [4.69, 9.17) is 10.5 Å². The van der Waals surface area contributed by atoms with Crippen molar-refractivity contribution < 1.29 is 13.9 Å². The number of halogens is 1. The van der Waals surface area contributed by atoms with E-state index < -0.39 is 5.82 Å². The standard InChI is InChI=1S/C17H18FNO2/c1-11(12-3-6-14(19)7-4-12)9-16(20)13-5-8-17(21-2)15(18)10-13/h3-8,10-11H,9,19H2,1-2H3. The average molecular weight is 287 g/mol. The van der Waals surface area contributed by atoms with E-state index in [0.29, 0.717) is 17.7 Å². The molecular weight excluding hydrogens is 269 g/mol. The van der Waals surface area contributed by atoms with Crippen molar-refractivity contribution >= 4 is 11.5 Å². The van der Waals surface area contributed by atoms with Crippen LogP contribution in [0.3, 0.4) is 0 Å². The Hall–Kier alpha value is -2.36. The van der Waals surface area contributed by atoms with E-state index in [1.54, 1.807) is 6.07 Å². The maximum Gasteiger partial charge on any atom is 0.165 e. The number of nitrogen functional groups attached to an aromatic ring is 1. The maximum atomic E-state index is 13.6. The van der Waals surface area contributed by atoms with Crippen LogP contribution in [-0.2, 0) is 0 Å². The van der Waals surface area contributed by atoms with Crippen LogP contribution in [-0.4, -0.2) is 12.9 Å². The fourth-order valence-corrected chi connectivity index (χ4v) is 2.18. The Morgan fingerprint density at radius 3 is 2.48 bits per heavy atom. The van der Waals surface area contributed by atoms with Crippen LogP contribution in [0.2, 0.25) is 0 Å². The number of benzene rings is 2. The van der Waals surface area contributed by atoms with Crippen molar-refractivity contribution in [1.29, 1.82) is 0 Å². The van der Waals surface area contributed by atoms with Gasteiger partial charge < -0.3 is 10.5 Å². The van der Waals surface area contributed by atoms with Crippen molar-refractivity contribution in [2.45, 2.75) is 19.3 Å². The third-order valence-corrected chi connectivity index (χ3v) is 3.47. The smallest absolute Gasteiger partial charge is 0.165 e. The number of rotatable bonds is 5. The molecule has 2 rings (SSSR count). The maximum absolute atomic E-state index is 13.6. The summed E-state index contributed by atoms with van der Waals surface area (Å²) in [6, 6.07) is 11.7. The lowest BCUT2D eigenvalue weighted by atomic mass is 9.93. The molecule has 0 saturated carbocycles. The van der Waals surface area contributed by atoms with Gasteiger partial charge in [-0.2, -0.15) is 0 Å². The molecule has 21 heavy (non-hydrogen) atoms. The van der Waals surface area contributed by atoms with Crippen LogP contribution in [0, 0.1) is 5.82 Å². The topological polar surface area (TPSA) is 52.3 Å². The molecule has 0 fully saturated rings. The van der Waals surface area contributed by atoms with Gasteiger partial charge in [-0.1, -0.05) is 19.1 Å². The highest BCUT2D eigenvalue weighted by Crippen LogP contribution is 2.24. The predicted octanol–water partition coefficient (Wildman–Crippen LogP) is 3.79. The average Bonchev–Trinajstić information content (AvgIpc) is 2.47. The normalized spacial score (nSPS) is 12.0. The summed E-state index contributed by atoms with van der Waals surface area (Å²) in [5, 5.41) is 0. The number of Topliss-reactive ketones (excluding diaryl/α,β-unsaturated/α-hetero) is 1. The number of ketones is 1. The van der Waals surface area contributed by atoms with Crippen molar-refractivity contribution in [2.75, 3.05) is 12.8 Å². The predicted molar refractivity (Wildman–Crippen MR) is 81.2 cm³/mol. The first kappa shape index (κ1) is 15.0. The second kappa shape index (κ2) is 6.39. The number of nitrogens with two attached hydrogens (primary N) is 1. The quantitative estimate of drug-likeness (QED) is 0.672. The molecule has 0 heterocycles. The van der Waals surface area contributed by atoms with Gasteiger partial charge in [0.15, 0.2) is 17.3 Å². The molecule has 0 bridgehead atoms. The van der Waals surface area contributed by atoms with Crippen LogP contribution in [0.5, 0.6) is 5.75 Å². The van der Waals surface area contributed by atoms with Crippen molar-refractivity contribution in [3.8, 4) is 5.75 Å². The number of methoxy groups -OCH3 is 1. The summed E-state index contributed by atoms with van der Waals surface area (Å²) in [4.78, 5) is 12.2. The first-order chi connectivity index (χ1) is 10.0. The molecule has 0 saturated heterocycles. The van der Waals surface area contributed by atoms with Gasteiger partial charge in [0, 0.05) is 17.7 Å². The van der Waals surface area contributed by atoms with E-state index in [0.717, 1.165) is 5.56 Å². The third kappa shape index (κ3) is 3.60. The molecule has 1 unspecified atom stereocenters. The monoisotopic (exact) mass is 287 g/mol. The molecule has 0 aliphatic carbocycles. The molecule has 4 heteroatoms. The van der Waals surface area contributed by atoms with Gasteiger partial charge >= 0.3 is 0 Å². The molecule has 0 spiro atoms. The Labute approximate surface area is 123 Å². The summed E-state index contributed by atoms with van der Waals surface area (Å²) in [5.41, 5.74) is 7.72. The lowest BCUT2D eigenvalue weighted by Gasteiger charge is -2.12. The Morgan fingerprint density at radius 2 is 1.90 bits per heavy atom. The van der Waals surface area contributed by atoms with Gasteiger partial charge in [-0.3, -0.25) is 4.79 Å². The largest absolute Gasteiger partial charge is 0.494 e. The van der Waals surface area contributed by atoms with Crippen molar-refractivity contribution in [1.82, 2.24) is 0 Å². The van der Waals surface area contributed by atoms with Crippen molar-refractivity contribution in [3.63, 3.8) is 0 Å². The molecule has 0 aliphatic heterocycles. The van der Waals surface area contributed by atoms with E-state index in [-0.39, 0.29) is 17.5 Å². The third-order valence-electron chi connectivity index (χ3n) is 3.47. The Balaban J connectivity index is 2.10. The van der Waals surface area contributed by atoms with E-state index in [1.807, 2.05) is 31.2 Å². The summed E-state index contributed by atoms with van der Waals surface area (Å²) in [6.07, 6.45) is 0.315. The Morgan fingerprint density at radius 1 is 1.24 bits per heavy atom. The van der Waals surface area contributed by atoms with Crippen LogP contribution in [0.15, 0.2) is 42.5 Å². The number of carbonyl (C=O) groups is 1. The number of anilines is 1. The fraction of sp³-hybridized carbons (Fsp3) is 0.235. The van der Waals surface area contributed by atoms with Crippen LogP contribution >= 0.6 is 0 Å². The summed E-state index contributed by atoms with van der Waals surface area (Å²) in [7, 11) is 1.39. The molecule has 0 aromatic heterocycles. The number of ether oxygens (including phenoxy) is 1. The molecule has 2 aromatic rings. The Kier molecular flexibility index (Phi) is 4.58. The fourth-order valence-electron chi connectivity index (χ4n) is 2.18. The van der Waals surface area contributed by atoms with Gasteiger partial charge in [0.2, 0.25) is 0 Å². The van der Waals surface area contributed by atoms with Crippen LogP contribution in [0.25, 0.3) is 0 Å². The van der Waals surface area contributed by atoms with E-state index in [2.05, 4.69) is 0 Å². The minimum atomic E-state index is -0.525. The zero-order chi connectivity index (χ0) is 15.4. The van der Waals surface area contributed by atoms with E-state index in [9.17, 15) is 9.18 Å². The van der Waals surface area contributed by atoms with E-state index >= 15 is 0 Å². The zero-order valence-corrected chi connectivity index (χ0v) is 12.1. The summed E-state index contributed by atoms with van der Waals surface area (Å²) in [5.74, 6) is -0.439. The van der Waals surface area contributed by atoms with Gasteiger partial charge in [0.05, 0.1) is 7.11 Å². The highest BCUT2D eigenvalue weighted by Gasteiger charge is 2.15.